The molecule has 0 bridgehead atoms. The van der Waals surface area contributed by atoms with Gasteiger partial charge in [0.15, 0.2) is 0 Å². The first-order chi connectivity index (χ1) is 10.2. The Bertz CT molecular complexity index is 649. The van der Waals surface area contributed by atoms with Crippen LogP contribution in [0.25, 0.3) is 11.5 Å². The van der Waals surface area contributed by atoms with Gasteiger partial charge in [-0.1, -0.05) is 0 Å². The molecular formula is C13H13F2N5O. The minimum Gasteiger partial charge on any atom is -0.415 e. The second-order valence-electron chi connectivity index (χ2n) is 5.60. The molecule has 4 rings (SSSR count). The van der Waals surface area contributed by atoms with E-state index < -0.39 is 12.3 Å². The molecule has 2 heterocycles. The Labute approximate surface area is 119 Å². The van der Waals surface area contributed by atoms with Crippen molar-refractivity contribution < 1.29 is 13.2 Å². The van der Waals surface area contributed by atoms with Crippen LogP contribution in [0.15, 0.2) is 16.8 Å². The zero-order chi connectivity index (χ0) is 14.4. The standard InChI is InChI=1S/C13H13F2N5O/c14-9(15)11-20-19-10(21-11)7-5-16-12(17-6-7)18-13(3-4-13)8-1-2-8/h5-6,8-9H,1-4H2,(H,16,17,18). The molecule has 0 spiro atoms. The van der Waals surface area contributed by atoms with Gasteiger partial charge in [0.05, 0.1) is 5.56 Å². The quantitative estimate of drug-likeness (QED) is 0.913. The van der Waals surface area contributed by atoms with Crippen LogP contribution in [-0.2, 0) is 0 Å². The fourth-order valence-electron chi connectivity index (χ4n) is 2.57. The molecule has 110 valence electrons. The fourth-order valence-corrected chi connectivity index (χ4v) is 2.57. The normalized spacial score (nSPS) is 19.8. The maximum absolute atomic E-state index is 12.4. The molecule has 2 aromatic rings. The van der Waals surface area contributed by atoms with Crippen molar-refractivity contribution >= 4 is 5.95 Å². The molecule has 0 saturated heterocycles. The Hall–Kier alpha value is -2.12. The van der Waals surface area contributed by atoms with Crippen LogP contribution in [0.4, 0.5) is 14.7 Å². The second kappa shape index (κ2) is 4.44. The van der Waals surface area contributed by atoms with Crippen LogP contribution in [-0.4, -0.2) is 25.7 Å². The summed E-state index contributed by atoms with van der Waals surface area (Å²) < 4.78 is 29.7. The summed E-state index contributed by atoms with van der Waals surface area (Å²) in [6.45, 7) is 0. The number of hydrogen-bond acceptors (Lipinski definition) is 6. The number of alkyl halides is 2. The van der Waals surface area contributed by atoms with Crippen molar-refractivity contribution in [2.24, 2.45) is 5.92 Å². The third kappa shape index (κ3) is 2.34. The van der Waals surface area contributed by atoms with Crippen LogP contribution in [0.5, 0.6) is 0 Å². The van der Waals surface area contributed by atoms with Gasteiger partial charge in [0, 0.05) is 17.9 Å². The minimum absolute atomic E-state index is 0.000165. The summed E-state index contributed by atoms with van der Waals surface area (Å²) >= 11 is 0. The predicted molar refractivity (Wildman–Crippen MR) is 68.6 cm³/mol. The predicted octanol–water partition coefficient (Wildman–Crippen LogP) is 2.82. The first-order valence-electron chi connectivity index (χ1n) is 6.88. The highest BCUT2D eigenvalue weighted by Gasteiger charge is 2.54. The molecule has 0 unspecified atom stereocenters. The molecule has 2 aromatic heterocycles. The highest BCUT2D eigenvalue weighted by Crippen LogP contribution is 2.55. The largest absolute Gasteiger partial charge is 0.415 e. The van der Waals surface area contributed by atoms with Crippen LogP contribution < -0.4 is 5.32 Å². The number of anilines is 1. The molecule has 2 saturated carbocycles. The molecule has 2 aliphatic carbocycles. The number of rotatable bonds is 5. The number of halogens is 2. The summed E-state index contributed by atoms with van der Waals surface area (Å²) in [5.41, 5.74) is 0.616. The van der Waals surface area contributed by atoms with Crippen molar-refractivity contribution in [1.82, 2.24) is 20.2 Å². The molecule has 0 aliphatic heterocycles. The molecule has 21 heavy (non-hydrogen) atoms. The SMILES string of the molecule is FC(F)c1nnc(-c2cnc(NC3(C4CC4)CC3)nc2)o1. The highest BCUT2D eigenvalue weighted by atomic mass is 19.3. The zero-order valence-electron chi connectivity index (χ0n) is 11.1. The van der Waals surface area contributed by atoms with E-state index in [1.165, 1.54) is 25.2 Å². The Morgan fingerprint density at radius 3 is 2.43 bits per heavy atom. The van der Waals surface area contributed by atoms with E-state index in [1.807, 2.05) is 0 Å². The van der Waals surface area contributed by atoms with E-state index in [0.29, 0.717) is 11.5 Å². The summed E-state index contributed by atoms with van der Waals surface area (Å²) in [7, 11) is 0. The van der Waals surface area contributed by atoms with Gasteiger partial charge in [0.1, 0.15) is 0 Å². The van der Waals surface area contributed by atoms with Crippen molar-refractivity contribution in [2.45, 2.75) is 37.6 Å². The molecular weight excluding hydrogens is 280 g/mol. The topological polar surface area (TPSA) is 76.7 Å². The van der Waals surface area contributed by atoms with Crippen LogP contribution in [0.1, 0.15) is 38.0 Å². The summed E-state index contributed by atoms with van der Waals surface area (Å²) in [6.07, 6.45) is 5.07. The van der Waals surface area contributed by atoms with E-state index in [0.717, 1.165) is 18.8 Å². The van der Waals surface area contributed by atoms with E-state index >= 15 is 0 Å². The lowest BCUT2D eigenvalue weighted by molar-refractivity contribution is 0.116. The van der Waals surface area contributed by atoms with Gasteiger partial charge in [-0.3, -0.25) is 0 Å². The monoisotopic (exact) mass is 293 g/mol. The van der Waals surface area contributed by atoms with Gasteiger partial charge in [-0.25, -0.2) is 9.97 Å². The number of aromatic nitrogens is 4. The summed E-state index contributed by atoms with van der Waals surface area (Å²) in [5.74, 6) is 0.597. The molecule has 0 amide bonds. The van der Waals surface area contributed by atoms with Gasteiger partial charge in [0.25, 0.3) is 11.8 Å². The van der Waals surface area contributed by atoms with Gasteiger partial charge in [-0.05, 0) is 31.6 Å². The third-order valence-corrected chi connectivity index (χ3v) is 4.03. The van der Waals surface area contributed by atoms with E-state index in [2.05, 4.69) is 25.5 Å². The second-order valence-corrected chi connectivity index (χ2v) is 5.60. The van der Waals surface area contributed by atoms with E-state index in [4.69, 9.17) is 4.42 Å². The van der Waals surface area contributed by atoms with Gasteiger partial charge >= 0.3 is 6.43 Å². The average molecular weight is 293 g/mol. The van der Waals surface area contributed by atoms with Crippen molar-refractivity contribution in [1.29, 1.82) is 0 Å². The molecule has 0 radical (unpaired) electrons. The Morgan fingerprint density at radius 1 is 1.19 bits per heavy atom. The third-order valence-electron chi connectivity index (χ3n) is 4.03. The minimum atomic E-state index is -2.78. The van der Waals surface area contributed by atoms with Gasteiger partial charge < -0.3 is 9.73 Å². The van der Waals surface area contributed by atoms with Crippen LogP contribution >= 0.6 is 0 Å². The van der Waals surface area contributed by atoms with Crippen LogP contribution in [0.2, 0.25) is 0 Å². The summed E-state index contributed by atoms with van der Waals surface area (Å²) in [5, 5.41) is 10.2. The fraction of sp³-hybridized carbons (Fsp3) is 0.538. The maximum atomic E-state index is 12.4. The Kier molecular flexibility index (Phi) is 2.66. The van der Waals surface area contributed by atoms with Gasteiger partial charge in [-0.15, -0.1) is 10.2 Å². The van der Waals surface area contributed by atoms with Gasteiger partial charge in [0.2, 0.25) is 5.95 Å². The molecule has 8 heteroatoms. The first kappa shape index (κ1) is 12.6. The van der Waals surface area contributed by atoms with E-state index in [1.54, 1.807) is 0 Å². The molecule has 0 atom stereocenters. The lowest BCUT2D eigenvalue weighted by atomic mass is 10.1. The maximum Gasteiger partial charge on any atom is 0.314 e. The number of nitrogens with zero attached hydrogens (tertiary/aromatic N) is 4. The zero-order valence-corrected chi connectivity index (χ0v) is 11.1. The highest BCUT2D eigenvalue weighted by molar-refractivity contribution is 5.51. The number of nitrogens with one attached hydrogen (secondary N) is 1. The van der Waals surface area contributed by atoms with Gasteiger partial charge in [-0.2, -0.15) is 8.78 Å². The van der Waals surface area contributed by atoms with Crippen molar-refractivity contribution in [3.05, 3.63) is 18.3 Å². The lowest BCUT2D eigenvalue weighted by Crippen LogP contribution is -2.24. The molecule has 2 fully saturated rings. The van der Waals surface area contributed by atoms with Crippen molar-refractivity contribution in [3.63, 3.8) is 0 Å². The summed E-state index contributed by atoms with van der Waals surface area (Å²) in [6, 6.07) is 0. The average Bonchev–Trinajstić information content (AvgIpc) is 3.39. The first-order valence-corrected chi connectivity index (χ1v) is 6.88. The Morgan fingerprint density at radius 2 is 1.90 bits per heavy atom. The smallest absolute Gasteiger partial charge is 0.314 e. The van der Waals surface area contributed by atoms with E-state index in [-0.39, 0.29) is 11.4 Å². The molecule has 2 aliphatic rings. The molecule has 1 N–H and O–H groups in total. The van der Waals surface area contributed by atoms with Crippen LogP contribution in [0, 0.1) is 5.92 Å². The van der Waals surface area contributed by atoms with Crippen molar-refractivity contribution in [2.75, 3.05) is 5.32 Å². The van der Waals surface area contributed by atoms with Crippen molar-refractivity contribution in [3.8, 4) is 11.5 Å². The molecule has 0 aromatic carbocycles. The number of hydrogen-bond donors (Lipinski definition) is 1. The summed E-state index contributed by atoms with van der Waals surface area (Å²) in [4.78, 5) is 8.41. The Balaban J connectivity index is 1.50. The van der Waals surface area contributed by atoms with E-state index in [9.17, 15) is 8.78 Å². The lowest BCUT2D eigenvalue weighted by Gasteiger charge is -2.15. The molecule has 6 nitrogen and oxygen atoms in total. The van der Waals surface area contributed by atoms with Crippen LogP contribution in [0.3, 0.4) is 0 Å².